The summed E-state index contributed by atoms with van der Waals surface area (Å²) in [5, 5.41) is 11.1. The Bertz CT molecular complexity index is 577. The van der Waals surface area contributed by atoms with Crippen LogP contribution in [0.5, 0.6) is 0 Å². The van der Waals surface area contributed by atoms with Crippen LogP contribution in [0.1, 0.15) is 19.3 Å². The molecule has 0 aromatic carbocycles. The minimum Gasteiger partial charge on any atom is -0.363 e. The normalized spacial score (nSPS) is 30.5. The first kappa shape index (κ1) is 19.6. The van der Waals surface area contributed by atoms with Crippen LogP contribution < -0.4 is 5.84 Å². The molecule has 4 aliphatic rings. The van der Waals surface area contributed by atoms with Crippen LogP contribution in [-0.4, -0.2) is 94.8 Å². The number of hydrogen-bond acceptors (Lipinski definition) is 8. The summed E-state index contributed by atoms with van der Waals surface area (Å²) in [5.41, 5.74) is 1.21. The molecule has 2 fully saturated rings. The second-order valence-corrected chi connectivity index (χ2v) is 9.77. The van der Waals surface area contributed by atoms with Crippen molar-refractivity contribution in [3.05, 3.63) is 23.3 Å². The third-order valence-electron chi connectivity index (χ3n) is 5.57. The first-order chi connectivity index (χ1) is 13.3. The zero-order valence-electron chi connectivity index (χ0n) is 16.1. The van der Waals surface area contributed by atoms with Gasteiger partial charge in [-0.15, -0.1) is 23.5 Å². The maximum Gasteiger partial charge on any atom is 0.0752 e. The number of hydrazone groups is 1. The van der Waals surface area contributed by atoms with Crippen molar-refractivity contribution in [3.8, 4) is 0 Å². The number of hydrogen-bond donors (Lipinski definition) is 1. The molecule has 0 aromatic heterocycles. The van der Waals surface area contributed by atoms with Crippen LogP contribution in [0.25, 0.3) is 0 Å². The monoisotopic (exact) mass is 408 g/mol. The molecule has 27 heavy (non-hydrogen) atoms. The molecule has 4 rings (SSSR count). The van der Waals surface area contributed by atoms with Gasteiger partial charge in [0.05, 0.1) is 29.2 Å². The topological polar surface area (TPSA) is 51.3 Å². The maximum absolute atomic E-state index is 5.87. The highest BCUT2D eigenvalue weighted by Crippen LogP contribution is 2.27. The number of nitrogens with zero attached hydrogens (tertiary/aromatic N) is 5. The molecule has 0 aliphatic carbocycles. The summed E-state index contributed by atoms with van der Waals surface area (Å²) in [6.45, 7) is 8.29. The molecule has 4 aliphatic heterocycles. The number of rotatable bonds is 3. The van der Waals surface area contributed by atoms with Crippen LogP contribution in [0.4, 0.5) is 0 Å². The largest absolute Gasteiger partial charge is 0.363 e. The molecule has 0 amide bonds. The van der Waals surface area contributed by atoms with Crippen LogP contribution in [0.2, 0.25) is 0 Å². The van der Waals surface area contributed by atoms with Gasteiger partial charge in [0.15, 0.2) is 0 Å². The van der Waals surface area contributed by atoms with Gasteiger partial charge in [-0.25, -0.2) is 5.01 Å². The molecule has 0 bridgehead atoms. The van der Waals surface area contributed by atoms with E-state index < -0.39 is 0 Å². The Labute approximate surface area is 171 Å². The van der Waals surface area contributed by atoms with Crippen molar-refractivity contribution in [2.75, 3.05) is 63.9 Å². The summed E-state index contributed by atoms with van der Waals surface area (Å²) in [6, 6.07) is 0. The summed E-state index contributed by atoms with van der Waals surface area (Å²) < 4.78 is 0. The van der Waals surface area contributed by atoms with Gasteiger partial charge in [0, 0.05) is 45.0 Å². The van der Waals surface area contributed by atoms with Gasteiger partial charge >= 0.3 is 0 Å². The zero-order chi connectivity index (χ0) is 18.5. The number of allylic oxidation sites excluding steroid dienone is 2. The lowest BCUT2D eigenvalue weighted by atomic mass is 10.2. The maximum atomic E-state index is 5.87. The minimum absolute atomic E-state index is 0.480. The lowest BCUT2D eigenvalue weighted by Crippen LogP contribution is -2.51. The van der Waals surface area contributed by atoms with Crippen molar-refractivity contribution < 1.29 is 0 Å². The lowest BCUT2D eigenvalue weighted by molar-refractivity contribution is 0.136. The Hall–Kier alpha value is -0.670. The lowest BCUT2D eigenvalue weighted by Gasteiger charge is -2.38. The Morgan fingerprint density at radius 2 is 1.81 bits per heavy atom. The Balaban J connectivity index is 1.25. The van der Waals surface area contributed by atoms with E-state index in [1.165, 1.54) is 35.8 Å². The van der Waals surface area contributed by atoms with E-state index in [0.29, 0.717) is 5.37 Å². The Morgan fingerprint density at radius 1 is 1.00 bits per heavy atom. The van der Waals surface area contributed by atoms with Crippen LogP contribution in [0.15, 0.2) is 28.4 Å². The minimum atomic E-state index is 0.480. The number of piperazine rings is 2. The third-order valence-corrected chi connectivity index (χ3v) is 8.04. The molecule has 0 saturated carbocycles. The quantitative estimate of drug-likeness (QED) is 0.715. The molecule has 8 heteroatoms. The smallest absolute Gasteiger partial charge is 0.0752 e. The van der Waals surface area contributed by atoms with Crippen LogP contribution in [-0.2, 0) is 0 Å². The van der Waals surface area contributed by atoms with Crippen molar-refractivity contribution >= 4 is 29.2 Å². The van der Waals surface area contributed by atoms with Gasteiger partial charge in [-0.2, -0.15) is 5.10 Å². The van der Waals surface area contributed by atoms with Crippen molar-refractivity contribution in [2.45, 2.75) is 24.6 Å². The SMILES string of the molecule is NN1CCN(C2C=CC(=NN3CCN(C4=CCCCCS4)CC3)CS2)CC1. The van der Waals surface area contributed by atoms with Crippen LogP contribution >= 0.6 is 23.5 Å². The zero-order valence-corrected chi connectivity index (χ0v) is 17.8. The predicted octanol–water partition coefficient (Wildman–Crippen LogP) is 1.84. The molecule has 6 nitrogen and oxygen atoms in total. The average molecular weight is 409 g/mol. The Morgan fingerprint density at radius 3 is 2.56 bits per heavy atom. The van der Waals surface area contributed by atoms with Gasteiger partial charge in [0.1, 0.15) is 0 Å². The number of nitrogens with two attached hydrogens (primary N) is 1. The van der Waals surface area contributed by atoms with E-state index in [1.807, 2.05) is 28.5 Å². The van der Waals surface area contributed by atoms with Crippen molar-refractivity contribution in [1.29, 1.82) is 0 Å². The van der Waals surface area contributed by atoms with Crippen LogP contribution in [0.3, 0.4) is 0 Å². The fourth-order valence-corrected chi connectivity index (χ4v) is 6.14. The highest BCUT2D eigenvalue weighted by Gasteiger charge is 2.24. The second-order valence-electron chi connectivity index (χ2n) is 7.55. The molecular formula is C19H32N6S2. The first-order valence-electron chi connectivity index (χ1n) is 10.2. The summed E-state index contributed by atoms with van der Waals surface area (Å²) in [7, 11) is 0. The molecule has 0 radical (unpaired) electrons. The number of thioether (sulfide) groups is 2. The van der Waals surface area contributed by atoms with Gasteiger partial charge in [-0.1, -0.05) is 12.2 Å². The fourth-order valence-electron chi connectivity index (χ4n) is 3.87. The Kier molecular flexibility index (Phi) is 7.05. The molecule has 1 unspecified atom stereocenters. The predicted molar refractivity (Wildman–Crippen MR) is 118 cm³/mol. The van der Waals surface area contributed by atoms with Gasteiger partial charge in [-0.05, 0) is 31.1 Å². The van der Waals surface area contributed by atoms with E-state index in [2.05, 4.69) is 33.0 Å². The highest BCUT2D eigenvalue weighted by atomic mass is 32.2. The van der Waals surface area contributed by atoms with E-state index in [9.17, 15) is 0 Å². The second kappa shape index (κ2) is 9.69. The summed E-state index contributed by atoms with van der Waals surface area (Å²) >= 11 is 4.04. The number of hydrazine groups is 1. The van der Waals surface area contributed by atoms with Crippen molar-refractivity contribution in [3.63, 3.8) is 0 Å². The first-order valence-corrected chi connectivity index (χ1v) is 12.3. The molecule has 2 saturated heterocycles. The van der Waals surface area contributed by atoms with Gasteiger partial charge < -0.3 is 4.90 Å². The van der Waals surface area contributed by atoms with E-state index in [4.69, 9.17) is 10.9 Å². The van der Waals surface area contributed by atoms with E-state index in [1.54, 1.807) is 0 Å². The summed E-state index contributed by atoms with van der Waals surface area (Å²) in [5.74, 6) is 8.15. The molecule has 2 N–H and O–H groups in total. The van der Waals surface area contributed by atoms with Gasteiger partial charge in [-0.3, -0.25) is 15.8 Å². The third kappa shape index (κ3) is 5.44. The summed E-state index contributed by atoms with van der Waals surface area (Å²) in [4.78, 5) is 5.09. The van der Waals surface area contributed by atoms with Crippen molar-refractivity contribution in [2.24, 2.45) is 10.9 Å². The standard InChI is InChI=1S/C19H32N6S2/c20-24-11-7-22(8-12-24)19-6-5-17(16-27-19)21-25-13-9-23(10-14-25)18-4-2-1-3-15-26-18/h4-6,19H,1-3,7-16,20H2. The van der Waals surface area contributed by atoms with E-state index >= 15 is 0 Å². The molecule has 0 aromatic rings. The van der Waals surface area contributed by atoms with E-state index in [0.717, 1.165) is 58.1 Å². The molecule has 4 heterocycles. The molecular weight excluding hydrogens is 376 g/mol. The molecule has 150 valence electrons. The van der Waals surface area contributed by atoms with Gasteiger partial charge in [0.25, 0.3) is 0 Å². The molecule has 0 spiro atoms. The molecule has 1 atom stereocenters. The summed E-state index contributed by atoms with van der Waals surface area (Å²) in [6.07, 6.45) is 11.0. The van der Waals surface area contributed by atoms with Gasteiger partial charge in [0.2, 0.25) is 0 Å². The van der Waals surface area contributed by atoms with Crippen LogP contribution in [0, 0.1) is 0 Å². The van der Waals surface area contributed by atoms with Crippen molar-refractivity contribution in [1.82, 2.24) is 19.8 Å². The van der Waals surface area contributed by atoms with E-state index in [-0.39, 0.29) is 0 Å². The fraction of sp³-hybridized carbons (Fsp3) is 0.737. The highest BCUT2D eigenvalue weighted by molar-refractivity contribution is 8.03. The average Bonchev–Trinajstić information content (AvgIpc) is 2.99.